The maximum absolute atomic E-state index is 11.9. The number of nitrogens with one attached hydrogen (secondary N) is 1. The molecule has 0 bridgehead atoms. The first-order valence-electron chi connectivity index (χ1n) is 9.38. The van der Waals surface area contributed by atoms with Crippen LogP contribution < -0.4 is 10.5 Å². The van der Waals surface area contributed by atoms with E-state index in [1.165, 1.54) is 17.2 Å². The Bertz CT molecular complexity index is 997. The molecule has 0 spiro atoms. The second-order valence-electron chi connectivity index (χ2n) is 6.85. The Hall–Kier alpha value is -2.39. The van der Waals surface area contributed by atoms with E-state index in [-0.39, 0.29) is 23.4 Å². The number of nitrogen functional groups attached to an aromatic ring is 1. The topological polar surface area (TPSA) is 192 Å². The Labute approximate surface area is 172 Å². The van der Waals surface area contributed by atoms with Gasteiger partial charge in [0.05, 0.1) is 12.9 Å². The Morgan fingerprint density at radius 3 is 2.80 bits per heavy atom. The molecule has 1 aliphatic heterocycles. The number of aliphatic hydroxyl groups is 2. The molecule has 1 saturated heterocycles. The van der Waals surface area contributed by atoms with Crippen LogP contribution in [0.5, 0.6) is 0 Å². The van der Waals surface area contributed by atoms with Crippen molar-refractivity contribution in [1.82, 2.24) is 24.2 Å². The van der Waals surface area contributed by atoms with E-state index in [9.17, 15) is 23.4 Å². The molecule has 1 fully saturated rings. The summed E-state index contributed by atoms with van der Waals surface area (Å²) in [5.41, 5.74) is 6.29. The molecule has 1 amide bonds. The van der Waals surface area contributed by atoms with Crippen LogP contribution >= 0.6 is 0 Å². The van der Waals surface area contributed by atoms with E-state index in [0.29, 0.717) is 6.42 Å². The molecule has 2 aromatic heterocycles. The number of hydrogen-bond acceptors (Lipinski definition) is 11. The molecule has 3 heterocycles. The minimum atomic E-state index is -4.39. The number of aromatic nitrogens is 4. The lowest BCUT2D eigenvalue weighted by atomic mass is 10.1. The molecule has 0 radical (unpaired) electrons. The zero-order chi connectivity index (χ0) is 21.9. The third kappa shape index (κ3) is 4.84. The van der Waals surface area contributed by atoms with Crippen LogP contribution in [0.25, 0.3) is 11.2 Å². The van der Waals surface area contributed by atoms with Gasteiger partial charge in [0.1, 0.15) is 30.2 Å². The lowest BCUT2D eigenvalue weighted by Crippen LogP contribution is -2.37. The van der Waals surface area contributed by atoms with Crippen molar-refractivity contribution in [3.63, 3.8) is 0 Å². The van der Waals surface area contributed by atoms with Gasteiger partial charge in [-0.1, -0.05) is 19.8 Å². The molecule has 0 saturated carbocycles. The number of unbranched alkanes of at least 4 members (excludes halogenated alkanes) is 2. The van der Waals surface area contributed by atoms with Gasteiger partial charge in [0.25, 0.3) is 0 Å². The number of hydrogen-bond donors (Lipinski definition) is 4. The lowest BCUT2D eigenvalue weighted by molar-refractivity contribution is -0.119. The van der Waals surface area contributed by atoms with E-state index in [0.717, 1.165) is 12.8 Å². The molecule has 4 atom stereocenters. The summed E-state index contributed by atoms with van der Waals surface area (Å²) in [6.07, 6.45) is -0.344. The molecule has 3 rings (SSSR count). The first-order valence-corrected chi connectivity index (χ1v) is 10.8. The van der Waals surface area contributed by atoms with Crippen molar-refractivity contribution in [2.24, 2.45) is 0 Å². The van der Waals surface area contributed by atoms with Crippen molar-refractivity contribution in [3.05, 3.63) is 12.7 Å². The van der Waals surface area contributed by atoms with Gasteiger partial charge in [-0.05, 0) is 6.42 Å². The summed E-state index contributed by atoms with van der Waals surface area (Å²) in [5.74, 6) is -0.552. The van der Waals surface area contributed by atoms with Crippen LogP contribution in [0.2, 0.25) is 0 Å². The van der Waals surface area contributed by atoms with Crippen LogP contribution in [0, 0.1) is 0 Å². The molecule has 14 heteroatoms. The standard InChI is InChI=1S/C16H24N6O7S/c1-2-3-4-5-10(23)21-30(26,27)28-6-9-12(24)13(25)16(29-9)22-8-20-11-14(17)18-7-19-15(11)22/h7-9,12-13,16,24-25H,2-6H2,1H3,(H,21,23)(H2,17,18,19)/t9-,12-,13-,16-/m1/s1. The average Bonchev–Trinajstić information content (AvgIpc) is 3.23. The third-order valence-corrected chi connectivity index (χ3v) is 5.56. The van der Waals surface area contributed by atoms with E-state index in [1.807, 2.05) is 6.92 Å². The number of anilines is 1. The molecule has 1 aliphatic rings. The van der Waals surface area contributed by atoms with Gasteiger partial charge in [-0.2, -0.15) is 8.42 Å². The van der Waals surface area contributed by atoms with Gasteiger partial charge in [-0.25, -0.2) is 19.7 Å². The lowest BCUT2D eigenvalue weighted by Gasteiger charge is -2.16. The summed E-state index contributed by atoms with van der Waals surface area (Å²) in [6, 6.07) is 0. The maximum atomic E-state index is 11.9. The summed E-state index contributed by atoms with van der Waals surface area (Å²) < 4.78 is 37.4. The van der Waals surface area contributed by atoms with Gasteiger partial charge in [0.2, 0.25) is 5.91 Å². The number of aliphatic hydroxyl groups excluding tert-OH is 2. The maximum Gasteiger partial charge on any atom is 0.362 e. The highest BCUT2D eigenvalue weighted by Crippen LogP contribution is 2.32. The fraction of sp³-hybridized carbons (Fsp3) is 0.625. The Balaban J connectivity index is 1.63. The van der Waals surface area contributed by atoms with Gasteiger partial charge in [0, 0.05) is 6.42 Å². The van der Waals surface area contributed by atoms with E-state index in [1.54, 1.807) is 4.72 Å². The first-order chi connectivity index (χ1) is 14.2. The van der Waals surface area contributed by atoms with Crippen molar-refractivity contribution in [3.8, 4) is 0 Å². The van der Waals surface area contributed by atoms with Crippen LogP contribution in [0.3, 0.4) is 0 Å². The van der Waals surface area contributed by atoms with Crippen LogP contribution in [0.1, 0.15) is 38.8 Å². The second kappa shape index (κ2) is 9.18. The zero-order valence-corrected chi connectivity index (χ0v) is 17.0. The quantitative estimate of drug-likeness (QED) is 0.346. The van der Waals surface area contributed by atoms with E-state index >= 15 is 0 Å². The minimum absolute atomic E-state index is 0.0540. The van der Waals surface area contributed by atoms with Gasteiger partial charge < -0.3 is 20.7 Å². The number of nitrogens with two attached hydrogens (primary N) is 1. The smallest absolute Gasteiger partial charge is 0.362 e. The van der Waals surface area contributed by atoms with E-state index in [2.05, 4.69) is 15.0 Å². The molecule has 0 aromatic carbocycles. The number of carbonyl (C=O) groups is 1. The van der Waals surface area contributed by atoms with Crippen LogP contribution in [-0.4, -0.2) is 69.0 Å². The van der Waals surface area contributed by atoms with Crippen LogP contribution in [0.15, 0.2) is 12.7 Å². The number of amides is 1. The number of fused-ring (bicyclic) bond motifs is 1. The fourth-order valence-electron chi connectivity index (χ4n) is 3.07. The van der Waals surface area contributed by atoms with Crippen LogP contribution in [0.4, 0.5) is 5.82 Å². The molecular formula is C16H24N6O7S. The number of ether oxygens (including phenoxy) is 1. The second-order valence-corrected chi connectivity index (χ2v) is 8.20. The van der Waals surface area contributed by atoms with E-state index < -0.39 is 47.4 Å². The molecule has 30 heavy (non-hydrogen) atoms. The van der Waals surface area contributed by atoms with Gasteiger partial charge in [0.15, 0.2) is 17.7 Å². The van der Waals surface area contributed by atoms with Crippen molar-refractivity contribution >= 4 is 33.2 Å². The zero-order valence-electron chi connectivity index (χ0n) is 16.2. The predicted molar refractivity (Wildman–Crippen MR) is 103 cm³/mol. The molecule has 13 nitrogen and oxygen atoms in total. The van der Waals surface area contributed by atoms with Crippen LogP contribution in [-0.2, 0) is 24.0 Å². The predicted octanol–water partition coefficient (Wildman–Crippen LogP) is -1.01. The molecule has 5 N–H and O–H groups in total. The molecular weight excluding hydrogens is 420 g/mol. The highest BCUT2D eigenvalue weighted by molar-refractivity contribution is 7.85. The normalized spacial score (nSPS) is 24.4. The van der Waals surface area contributed by atoms with Gasteiger partial charge >= 0.3 is 10.3 Å². The molecule has 0 aliphatic carbocycles. The SMILES string of the molecule is CCCCCC(=O)NS(=O)(=O)OC[C@H]1O[C@@H](n2cnc3c(N)ncnc32)[C@H](O)[C@@H]1O. The highest BCUT2D eigenvalue weighted by atomic mass is 32.2. The number of imidazole rings is 1. The van der Waals surface area contributed by atoms with Crippen molar-refractivity contribution in [2.45, 2.75) is 57.1 Å². The number of carbonyl (C=O) groups excluding carboxylic acids is 1. The van der Waals surface area contributed by atoms with Crippen molar-refractivity contribution in [2.75, 3.05) is 12.3 Å². The molecule has 166 valence electrons. The highest BCUT2D eigenvalue weighted by Gasteiger charge is 2.45. The third-order valence-electron chi connectivity index (χ3n) is 4.63. The number of nitrogens with zero attached hydrogens (tertiary/aromatic N) is 4. The molecule has 0 unspecified atom stereocenters. The summed E-state index contributed by atoms with van der Waals surface area (Å²) >= 11 is 0. The van der Waals surface area contributed by atoms with E-state index in [4.69, 9.17) is 14.7 Å². The summed E-state index contributed by atoms with van der Waals surface area (Å²) in [6.45, 7) is 1.34. The average molecular weight is 444 g/mol. The summed E-state index contributed by atoms with van der Waals surface area (Å²) in [4.78, 5) is 23.6. The Kier molecular flexibility index (Phi) is 6.82. The fourth-order valence-corrected chi connectivity index (χ4v) is 3.82. The summed E-state index contributed by atoms with van der Waals surface area (Å²) in [5, 5.41) is 20.6. The Morgan fingerprint density at radius 1 is 1.30 bits per heavy atom. The number of rotatable bonds is 9. The van der Waals surface area contributed by atoms with Crippen molar-refractivity contribution in [1.29, 1.82) is 0 Å². The van der Waals surface area contributed by atoms with Crippen molar-refractivity contribution < 1.29 is 32.3 Å². The Morgan fingerprint density at radius 2 is 2.07 bits per heavy atom. The van der Waals surface area contributed by atoms with Gasteiger partial charge in [-0.15, -0.1) is 0 Å². The molecule has 2 aromatic rings. The first kappa shape index (κ1) is 22.3. The largest absolute Gasteiger partial charge is 0.387 e. The minimum Gasteiger partial charge on any atom is -0.387 e. The monoisotopic (exact) mass is 444 g/mol. The van der Waals surface area contributed by atoms with Gasteiger partial charge in [-0.3, -0.25) is 13.5 Å². The summed E-state index contributed by atoms with van der Waals surface area (Å²) in [7, 11) is -4.39.